The minimum absolute atomic E-state index is 0.0282. The first-order valence-electron chi connectivity index (χ1n) is 24.1. The molecule has 0 radical (unpaired) electrons. The third-order valence-corrected chi connectivity index (χ3v) is 15.4. The van der Waals surface area contributed by atoms with Crippen molar-refractivity contribution in [2.45, 2.75) is 57.3 Å². The molecule has 0 N–H and O–H groups in total. The van der Waals surface area contributed by atoms with Crippen molar-refractivity contribution < 1.29 is 0 Å². The molecular weight excluding hydrogens is 805 g/mol. The van der Waals surface area contributed by atoms with Crippen molar-refractivity contribution in [3.63, 3.8) is 0 Å². The number of aryl methyl sites for hydroxylation is 1. The van der Waals surface area contributed by atoms with Gasteiger partial charge in [-0.05, 0) is 141 Å². The molecule has 0 fully saturated rings. The van der Waals surface area contributed by atoms with E-state index in [9.17, 15) is 0 Å². The maximum Gasteiger partial charge on any atom is 0.0159 e. The fourth-order valence-electron chi connectivity index (χ4n) is 11.6. The molecule has 322 valence electrons. The Morgan fingerprint density at radius 2 is 0.746 bits per heavy atom. The van der Waals surface area contributed by atoms with Gasteiger partial charge in [-0.3, -0.25) is 0 Å². The second-order valence-corrected chi connectivity index (χ2v) is 20.0. The third kappa shape index (κ3) is 7.06. The van der Waals surface area contributed by atoms with Crippen LogP contribution < -0.4 is 0 Å². The highest BCUT2D eigenvalue weighted by atomic mass is 14.4. The molecule has 12 rings (SSSR count). The van der Waals surface area contributed by atoms with Crippen LogP contribution in [0.4, 0.5) is 0 Å². The van der Waals surface area contributed by atoms with Crippen LogP contribution >= 0.6 is 0 Å². The molecule has 0 saturated heterocycles. The molecule has 0 amide bonds. The fourth-order valence-corrected chi connectivity index (χ4v) is 11.6. The maximum absolute atomic E-state index is 2.51. The lowest BCUT2D eigenvalue weighted by molar-refractivity contribution is 0.657. The van der Waals surface area contributed by atoms with Crippen molar-refractivity contribution in [1.29, 1.82) is 0 Å². The van der Waals surface area contributed by atoms with Gasteiger partial charge >= 0.3 is 0 Å². The first-order valence-corrected chi connectivity index (χ1v) is 24.1. The summed E-state index contributed by atoms with van der Waals surface area (Å²) in [6, 6.07) is 84.3. The van der Waals surface area contributed by atoms with E-state index >= 15 is 0 Å². The molecule has 67 heavy (non-hydrogen) atoms. The Morgan fingerprint density at radius 3 is 1.40 bits per heavy atom. The summed E-state index contributed by atoms with van der Waals surface area (Å²) in [5.41, 5.74) is 25.2. The first kappa shape index (κ1) is 40.9. The molecule has 0 aromatic heterocycles. The van der Waals surface area contributed by atoms with Crippen molar-refractivity contribution in [3.8, 4) is 66.8 Å². The standard InChI is InChI=1S/C67H54/c1-66(2)62-20-11-10-18-58(62)60-39-35-53(42-64(60)66)48-27-29-50(30-28-48)55(51-31-33-52(34-32-51)57-19-12-16-49-15-8-9-17-56(49)57)37-21-44-22-38-59-61-40-36-54(43-65(61)67(3,4)63(59)41-44)47-25-23-46(24-26-47)45-13-6-5-7-14-45/h5-20,22-36,38-43,55H,21,37H2,1-4H3. The average molecular weight is 859 g/mol. The predicted octanol–water partition coefficient (Wildman–Crippen LogP) is 17.9. The van der Waals surface area contributed by atoms with Crippen molar-refractivity contribution in [3.05, 3.63) is 263 Å². The number of benzene rings is 10. The normalized spacial score (nSPS) is 14.3. The van der Waals surface area contributed by atoms with Gasteiger partial charge in [0.25, 0.3) is 0 Å². The third-order valence-electron chi connectivity index (χ3n) is 15.4. The van der Waals surface area contributed by atoms with E-state index in [1.165, 1.54) is 116 Å². The Kier molecular flexibility index (Phi) is 9.84. The highest BCUT2D eigenvalue weighted by Crippen LogP contribution is 2.51. The van der Waals surface area contributed by atoms with Crippen LogP contribution in [-0.2, 0) is 17.3 Å². The lowest BCUT2D eigenvalue weighted by Gasteiger charge is -2.23. The van der Waals surface area contributed by atoms with Crippen molar-refractivity contribution in [2.24, 2.45) is 0 Å². The van der Waals surface area contributed by atoms with Gasteiger partial charge in [-0.1, -0.05) is 240 Å². The van der Waals surface area contributed by atoms with E-state index in [1.54, 1.807) is 0 Å². The predicted molar refractivity (Wildman–Crippen MR) is 284 cm³/mol. The van der Waals surface area contributed by atoms with Gasteiger partial charge in [-0.2, -0.15) is 0 Å². The van der Waals surface area contributed by atoms with Gasteiger partial charge < -0.3 is 0 Å². The highest BCUT2D eigenvalue weighted by Gasteiger charge is 2.37. The second kappa shape index (κ2) is 16.1. The first-order chi connectivity index (χ1) is 32.7. The Balaban J connectivity index is 0.843. The minimum atomic E-state index is -0.108. The van der Waals surface area contributed by atoms with Gasteiger partial charge in [-0.15, -0.1) is 0 Å². The van der Waals surface area contributed by atoms with Crippen LogP contribution in [0.2, 0.25) is 0 Å². The largest absolute Gasteiger partial charge is 0.0622 e. The Hall–Kier alpha value is -7.54. The minimum Gasteiger partial charge on any atom is -0.0622 e. The summed E-state index contributed by atoms with van der Waals surface area (Å²) in [4.78, 5) is 0. The maximum atomic E-state index is 2.51. The number of rotatable bonds is 9. The highest BCUT2D eigenvalue weighted by molar-refractivity contribution is 5.96. The average Bonchev–Trinajstić information content (AvgIpc) is 3.75. The van der Waals surface area contributed by atoms with E-state index in [1.807, 2.05) is 0 Å². The fraction of sp³-hybridized carbons (Fsp3) is 0.134. The van der Waals surface area contributed by atoms with Gasteiger partial charge in [0.2, 0.25) is 0 Å². The smallest absolute Gasteiger partial charge is 0.0159 e. The molecule has 0 heterocycles. The summed E-state index contributed by atoms with van der Waals surface area (Å²) in [5.74, 6) is 0.235. The topological polar surface area (TPSA) is 0 Å². The molecule has 0 aliphatic heterocycles. The van der Waals surface area contributed by atoms with Crippen molar-refractivity contribution >= 4 is 10.8 Å². The van der Waals surface area contributed by atoms with Gasteiger partial charge in [0.15, 0.2) is 0 Å². The second-order valence-electron chi connectivity index (χ2n) is 20.0. The van der Waals surface area contributed by atoms with Crippen LogP contribution in [0.5, 0.6) is 0 Å². The summed E-state index contributed by atoms with van der Waals surface area (Å²) in [6.45, 7) is 9.55. The summed E-state index contributed by atoms with van der Waals surface area (Å²) in [5, 5.41) is 2.56. The monoisotopic (exact) mass is 858 g/mol. The van der Waals surface area contributed by atoms with Crippen LogP contribution in [0.1, 0.15) is 79.0 Å². The molecule has 2 aliphatic rings. The summed E-state index contributed by atoms with van der Waals surface area (Å²) in [6.07, 6.45) is 1.99. The van der Waals surface area contributed by atoms with E-state index in [4.69, 9.17) is 0 Å². The molecule has 10 aromatic rings. The lowest BCUT2D eigenvalue weighted by atomic mass is 9.80. The molecule has 0 heteroatoms. The van der Waals surface area contributed by atoms with Crippen LogP contribution in [0, 0.1) is 0 Å². The summed E-state index contributed by atoms with van der Waals surface area (Å²) < 4.78 is 0. The van der Waals surface area contributed by atoms with E-state index < -0.39 is 0 Å². The van der Waals surface area contributed by atoms with E-state index in [-0.39, 0.29) is 16.7 Å². The quantitative estimate of drug-likeness (QED) is 0.136. The van der Waals surface area contributed by atoms with E-state index in [2.05, 4.69) is 252 Å². The lowest BCUT2D eigenvalue weighted by Crippen LogP contribution is -2.15. The van der Waals surface area contributed by atoms with Gasteiger partial charge in [-0.25, -0.2) is 0 Å². The van der Waals surface area contributed by atoms with Crippen LogP contribution in [0.3, 0.4) is 0 Å². The van der Waals surface area contributed by atoms with Crippen molar-refractivity contribution in [2.75, 3.05) is 0 Å². The molecule has 0 spiro atoms. The number of fused-ring (bicyclic) bond motifs is 7. The zero-order chi connectivity index (χ0) is 45.3. The zero-order valence-electron chi connectivity index (χ0n) is 38.9. The van der Waals surface area contributed by atoms with Crippen LogP contribution in [-0.4, -0.2) is 0 Å². The molecule has 2 aliphatic carbocycles. The number of hydrogen-bond donors (Lipinski definition) is 0. The van der Waals surface area contributed by atoms with Crippen LogP contribution in [0.15, 0.2) is 224 Å². The summed E-state index contributed by atoms with van der Waals surface area (Å²) in [7, 11) is 0. The van der Waals surface area contributed by atoms with Crippen LogP contribution in [0.25, 0.3) is 77.5 Å². The van der Waals surface area contributed by atoms with Gasteiger partial charge in [0.1, 0.15) is 0 Å². The SMILES string of the molecule is CC1(C)c2ccccc2-c2ccc(-c3ccc(C(CCc4ccc5c(c4)C(C)(C)c4cc(-c6ccc(-c7ccccc7)cc6)ccc4-5)c4ccc(-c5cccc6ccccc56)cc4)cc3)cc21. The summed E-state index contributed by atoms with van der Waals surface area (Å²) >= 11 is 0. The van der Waals surface area contributed by atoms with Gasteiger partial charge in [0.05, 0.1) is 0 Å². The van der Waals surface area contributed by atoms with E-state index in [0.29, 0.717) is 0 Å². The van der Waals surface area contributed by atoms with E-state index in [0.717, 1.165) is 12.8 Å². The molecule has 1 atom stereocenters. The number of hydrogen-bond acceptors (Lipinski definition) is 0. The van der Waals surface area contributed by atoms with Crippen molar-refractivity contribution in [1.82, 2.24) is 0 Å². The molecule has 0 bridgehead atoms. The Morgan fingerprint density at radius 1 is 0.313 bits per heavy atom. The molecule has 10 aromatic carbocycles. The molecule has 1 unspecified atom stereocenters. The molecular formula is C67H54. The molecule has 0 nitrogen and oxygen atoms in total. The Bertz CT molecular complexity index is 3470. The zero-order valence-corrected chi connectivity index (χ0v) is 38.9. The molecule has 0 saturated carbocycles. The Labute approximate surface area is 396 Å². The van der Waals surface area contributed by atoms with Gasteiger partial charge in [0, 0.05) is 16.7 Å².